The van der Waals surface area contributed by atoms with E-state index in [1.54, 1.807) is 0 Å². The Hall–Kier alpha value is -2.39. The fraction of sp³-hybridized carbons (Fsp3) is 0.278. The molecule has 0 bridgehead atoms. The maximum atomic E-state index is 13.0. The first-order chi connectivity index (χ1) is 12.6. The van der Waals surface area contributed by atoms with Crippen molar-refractivity contribution in [3.05, 3.63) is 53.6 Å². The lowest BCUT2D eigenvalue weighted by Crippen LogP contribution is -2.27. The highest BCUT2D eigenvalue weighted by Gasteiger charge is 2.32. The minimum atomic E-state index is -4.70. The van der Waals surface area contributed by atoms with Crippen LogP contribution in [0.2, 0.25) is 0 Å². The van der Waals surface area contributed by atoms with Crippen LogP contribution in [0.3, 0.4) is 0 Å². The lowest BCUT2D eigenvalue weighted by molar-refractivity contribution is -0.137. The zero-order valence-corrected chi connectivity index (χ0v) is 14.8. The number of hydrogen-bond donors (Lipinski definition) is 1. The molecular weight excluding hydrogens is 383 g/mol. The van der Waals surface area contributed by atoms with Crippen LogP contribution >= 0.6 is 0 Å². The topological polar surface area (TPSA) is 74.7 Å². The van der Waals surface area contributed by atoms with E-state index in [0.717, 1.165) is 25.0 Å². The number of hydrogen-bond acceptors (Lipinski definition) is 3. The predicted octanol–water partition coefficient (Wildman–Crippen LogP) is 3.86. The molecule has 5 nitrogen and oxygen atoms in total. The fourth-order valence-electron chi connectivity index (χ4n) is 2.98. The second-order valence-electron chi connectivity index (χ2n) is 6.24. The van der Waals surface area contributed by atoms with Crippen LogP contribution in [0, 0.1) is 0 Å². The molecule has 0 radical (unpaired) electrons. The number of alkyl halides is 3. The number of benzene rings is 2. The second-order valence-corrected chi connectivity index (χ2v) is 8.18. The zero-order valence-electron chi connectivity index (χ0n) is 14.0. The molecule has 1 fully saturated rings. The van der Waals surface area contributed by atoms with Crippen molar-refractivity contribution in [2.24, 2.45) is 0 Å². The maximum Gasteiger partial charge on any atom is 0.416 e. The number of nitrogens with zero attached hydrogens (tertiary/aromatic N) is 1. The number of rotatable bonds is 4. The number of sulfonamides is 1. The van der Waals surface area contributed by atoms with Crippen LogP contribution in [-0.4, -0.2) is 36.9 Å². The van der Waals surface area contributed by atoms with E-state index in [-0.39, 0.29) is 10.5 Å². The number of carbonyl (C=O) groups is 1. The van der Waals surface area contributed by atoms with E-state index < -0.39 is 33.3 Å². The molecular formula is C18H16F3NO4S. The molecule has 27 heavy (non-hydrogen) atoms. The first kappa shape index (κ1) is 19.4. The third-order valence-electron chi connectivity index (χ3n) is 4.40. The molecule has 1 saturated heterocycles. The summed E-state index contributed by atoms with van der Waals surface area (Å²) in [4.78, 5) is 11.2. The van der Waals surface area contributed by atoms with Gasteiger partial charge in [0.1, 0.15) is 0 Å². The monoisotopic (exact) mass is 399 g/mol. The van der Waals surface area contributed by atoms with Crippen LogP contribution in [-0.2, 0) is 16.2 Å². The van der Waals surface area contributed by atoms with Crippen molar-refractivity contribution in [1.82, 2.24) is 4.31 Å². The van der Waals surface area contributed by atoms with Crippen molar-refractivity contribution >= 4 is 16.0 Å². The molecule has 3 rings (SSSR count). The molecule has 1 N–H and O–H groups in total. The van der Waals surface area contributed by atoms with Crippen LogP contribution < -0.4 is 0 Å². The normalized spacial score (nSPS) is 15.8. The number of carboxylic acids is 1. The third-order valence-corrected chi connectivity index (χ3v) is 6.31. The minimum Gasteiger partial charge on any atom is -0.478 e. The van der Waals surface area contributed by atoms with Gasteiger partial charge in [-0.1, -0.05) is 12.1 Å². The summed E-state index contributed by atoms with van der Waals surface area (Å²) < 4.78 is 65.5. The number of aromatic carboxylic acids is 1. The van der Waals surface area contributed by atoms with E-state index in [0.29, 0.717) is 24.7 Å². The average molecular weight is 399 g/mol. The first-order valence-electron chi connectivity index (χ1n) is 8.15. The summed E-state index contributed by atoms with van der Waals surface area (Å²) >= 11 is 0. The molecule has 1 aliphatic heterocycles. The van der Waals surface area contributed by atoms with E-state index >= 15 is 0 Å². The number of halogens is 3. The van der Waals surface area contributed by atoms with Crippen LogP contribution in [0.5, 0.6) is 0 Å². The SMILES string of the molecule is O=C(O)c1cc(-c2ccc(S(=O)(=O)N3CCCC3)cc2)cc(C(F)(F)F)c1. The van der Waals surface area contributed by atoms with Gasteiger partial charge < -0.3 is 5.11 Å². The molecule has 0 atom stereocenters. The van der Waals surface area contributed by atoms with Crippen LogP contribution in [0.4, 0.5) is 13.2 Å². The van der Waals surface area contributed by atoms with E-state index in [1.165, 1.54) is 28.6 Å². The summed E-state index contributed by atoms with van der Waals surface area (Å²) in [6, 6.07) is 7.94. The Morgan fingerprint density at radius 1 is 0.963 bits per heavy atom. The van der Waals surface area contributed by atoms with Crippen molar-refractivity contribution in [1.29, 1.82) is 0 Å². The summed E-state index contributed by atoms with van der Waals surface area (Å²) in [5, 5.41) is 9.07. The van der Waals surface area contributed by atoms with Crippen molar-refractivity contribution in [2.45, 2.75) is 23.9 Å². The lowest BCUT2D eigenvalue weighted by atomic mass is 9.99. The highest BCUT2D eigenvalue weighted by molar-refractivity contribution is 7.89. The van der Waals surface area contributed by atoms with Crippen LogP contribution in [0.15, 0.2) is 47.4 Å². The standard InChI is InChI=1S/C18H16F3NO4S/c19-18(20,21)15-10-13(9-14(11-15)17(23)24)12-3-5-16(6-4-12)27(25,26)22-7-1-2-8-22/h3-6,9-11H,1-2,7-8H2,(H,23,24). The second kappa shape index (κ2) is 6.97. The van der Waals surface area contributed by atoms with E-state index in [4.69, 9.17) is 5.11 Å². The van der Waals surface area contributed by atoms with Crippen molar-refractivity contribution in [3.8, 4) is 11.1 Å². The largest absolute Gasteiger partial charge is 0.478 e. The Kier molecular flexibility index (Phi) is 5.00. The van der Waals surface area contributed by atoms with Gasteiger partial charge in [-0.05, 0) is 54.3 Å². The van der Waals surface area contributed by atoms with Crippen molar-refractivity contribution < 1.29 is 31.5 Å². The maximum absolute atomic E-state index is 13.0. The molecule has 1 aliphatic rings. The molecule has 2 aromatic carbocycles. The zero-order chi connectivity index (χ0) is 19.8. The van der Waals surface area contributed by atoms with Crippen molar-refractivity contribution in [3.63, 3.8) is 0 Å². The van der Waals surface area contributed by atoms with Gasteiger partial charge in [0.05, 0.1) is 16.0 Å². The minimum absolute atomic E-state index is 0.0485. The predicted molar refractivity (Wildman–Crippen MR) is 91.8 cm³/mol. The van der Waals surface area contributed by atoms with Gasteiger partial charge in [0.2, 0.25) is 10.0 Å². The first-order valence-corrected chi connectivity index (χ1v) is 9.59. The van der Waals surface area contributed by atoms with Gasteiger partial charge in [-0.2, -0.15) is 17.5 Å². The molecule has 144 valence electrons. The Morgan fingerprint density at radius 3 is 2.07 bits per heavy atom. The Bertz CT molecular complexity index is 963. The summed E-state index contributed by atoms with van der Waals surface area (Å²) in [6.07, 6.45) is -3.11. The fourth-order valence-corrected chi connectivity index (χ4v) is 4.50. The van der Waals surface area contributed by atoms with E-state index in [9.17, 15) is 26.4 Å². The van der Waals surface area contributed by atoms with Gasteiger partial charge >= 0.3 is 12.1 Å². The summed E-state index contributed by atoms with van der Waals surface area (Å²) in [7, 11) is -3.63. The van der Waals surface area contributed by atoms with Gasteiger partial charge in [0, 0.05) is 13.1 Å². The Morgan fingerprint density at radius 2 is 1.56 bits per heavy atom. The molecule has 0 unspecified atom stereocenters. The van der Waals surface area contributed by atoms with Crippen LogP contribution in [0.25, 0.3) is 11.1 Å². The van der Waals surface area contributed by atoms with Gasteiger partial charge in [-0.3, -0.25) is 0 Å². The Balaban J connectivity index is 2.00. The summed E-state index contributed by atoms with van der Waals surface area (Å²) in [6.45, 7) is 0.888. The molecule has 9 heteroatoms. The average Bonchev–Trinajstić information content (AvgIpc) is 3.16. The van der Waals surface area contributed by atoms with Gasteiger partial charge in [0.15, 0.2) is 0 Å². The lowest BCUT2D eigenvalue weighted by Gasteiger charge is -2.16. The molecule has 0 saturated carbocycles. The third kappa shape index (κ3) is 3.98. The van der Waals surface area contributed by atoms with Gasteiger partial charge in [0.25, 0.3) is 0 Å². The molecule has 0 aliphatic carbocycles. The summed E-state index contributed by atoms with van der Waals surface area (Å²) in [5.41, 5.74) is -1.23. The van der Waals surface area contributed by atoms with E-state index in [1.807, 2.05) is 0 Å². The van der Waals surface area contributed by atoms with Gasteiger partial charge in [-0.25, -0.2) is 13.2 Å². The highest BCUT2D eigenvalue weighted by atomic mass is 32.2. The molecule has 0 spiro atoms. The number of carboxylic acid groups (broad SMARTS) is 1. The highest BCUT2D eigenvalue weighted by Crippen LogP contribution is 2.34. The van der Waals surface area contributed by atoms with Crippen LogP contribution in [0.1, 0.15) is 28.8 Å². The Labute approximate surface area is 154 Å². The smallest absolute Gasteiger partial charge is 0.416 e. The quantitative estimate of drug-likeness (QED) is 0.847. The van der Waals surface area contributed by atoms with Crippen molar-refractivity contribution in [2.75, 3.05) is 13.1 Å². The van der Waals surface area contributed by atoms with Gasteiger partial charge in [-0.15, -0.1) is 0 Å². The van der Waals surface area contributed by atoms with E-state index in [2.05, 4.69) is 0 Å². The molecule has 2 aromatic rings. The molecule has 0 amide bonds. The molecule has 1 heterocycles. The summed E-state index contributed by atoms with van der Waals surface area (Å²) in [5.74, 6) is -1.48. The molecule has 0 aromatic heterocycles.